The molecule has 3 heteroatoms. The minimum atomic E-state index is 0.0347. The van der Waals surface area contributed by atoms with Gasteiger partial charge in [-0.2, -0.15) is 0 Å². The van der Waals surface area contributed by atoms with Crippen LogP contribution in [0.25, 0.3) is 6.08 Å². The van der Waals surface area contributed by atoms with Crippen LogP contribution in [0.4, 0.5) is 5.69 Å². The molecule has 0 N–H and O–H groups in total. The number of hydrogen-bond acceptors (Lipinski definition) is 1. The molecule has 2 aromatic carbocycles. The molecule has 1 heterocycles. The molecular weight excluding hydrogens is 326 g/mol. The number of para-hydroxylation sites is 1. The van der Waals surface area contributed by atoms with E-state index in [4.69, 9.17) is 0 Å². The van der Waals surface area contributed by atoms with Crippen LogP contribution in [0.5, 0.6) is 0 Å². The molecule has 2 aromatic rings. The van der Waals surface area contributed by atoms with Crippen LogP contribution >= 0.6 is 15.9 Å². The van der Waals surface area contributed by atoms with Gasteiger partial charge in [-0.1, -0.05) is 46.3 Å². The van der Waals surface area contributed by atoms with E-state index in [1.165, 1.54) is 5.56 Å². The van der Waals surface area contributed by atoms with E-state index in [1.54, 1.807) is 6.08 Å². The largest absolute Gasteiger partial charge is 0.305 e. The Kier molecular flexibility index (Phi) is 3.93. The molecule has 0 bridgehead atoms. The van der Waals surface area contributed by atoms with Gasteiger partial charge in [0.25, 0.3) is 5.91 Å². The van der Waals surface area contributed by atoms with Gasteiger partial charge in [-0.05, 0) is 48.7 Å². The Labute approximate surface area is 133 Å². The maximum absolute atomic E-state index is 12.5. The van der Waals surface area contributed by atoms with Crippen molar-refractivity contribution in [3.05, 3.63) is 70.2 Å². The summed E-state index contributed by atoms with van der Waals surface area (Å²) in [4.78, 5) is 14.4. The van der Waals surface area contributed by atoms with Gasteiger partial charge in [-0.3, -0.25) is 4.79 Å². The Morgan fingerprint density at radius 1 is 1.24 bits per heavy atom. The quantitative estimate of drug-likeness (QED) is 0.739. The van der Waals surface area contributed by atoms with Gasteiger partial charge >= 0.3 is 0 Å². The predicted molar refractivity (Wildman–Crippen MR) is 90.3 cm³/mol. The lowest BCUT2D eigenvalue weighted by Crippen LogP contribution is -2.34. The lowest BCUT2D eigenvalue weighted by atomic mass is 10.1. The van der Waals surface area contributed by atoms with Crippen molar-refractivity contribution in [2.45, 2.75) is 19.4 Å². The summed E-state index contributed by atoms with van der Waals surface area (Å²) in [5, 5.41) is 0. The lowest BCUT2D eigenvalue weighted by Gasteiger charge is -2.20. The number of rotatable bonds is 2. The molecule has 0 saturated carbocycles. The summed E-state index contributed by atoms with van der Waals surface area (Å²) < 4.78 is 1.01. The Balaban J connectivity index is 1.83. The predicted octanol–water partition coefficient (Wildman–Crippen LogP) is 4.44. The highest BCUT2D eigenvalue weighted by molar-refractivity contribution is 9.10. The summed E-state index contributed by atoms with van der Waals surface area (Å²) in [5.74, 6) is 0.0347. The van der Waals surface area contributed by atoms with Crippen molar-refractivity contribution in [2.24, 2.45) is 0 Å². The van der Waals surface area contributed by atoms with Gasteiger partial charge < -0.3 is 4.90 Å². The number of carbonyl (C=O) groups excluding carboxylic acids is 1. The van der Waals surface area contributed by atoms with Gasteiger partial charge in [0.05, 0.1) is 0 Å². The summed E-state index contributed by atoms with van der Waals surface area (Å²) in [5.41, 5.74) is 3.29. The highest BCUT2D eigenvalue weighted by Gasteiger charge is 2.28. The molecule has 0 saturated heterocycles. The van der Waals surface area contributed by atoms with Crippen molar-refractivity contribution >= 4 is 33.6 Å². The van der Waals surface area contributed by atoms with E-state index in [9.17, 15) is 4.79 Å². The molecule has 0 aromatic heterocycles. The SMILES string of the molecule is C[C@H]1Cc2ccccc2N1C(=O)/C=C/c1cccc(Br)c1. The number of hydrogen-bond donors (Lipinski definition) is 0. The Hall–Kier alpha value is -1.87. The molecule has 0 radical (unpaired) electrons. The van der Waals surface area contributed by atoms with Crippen molar-refractivity contribution in [1.82, 2.24) is 0 Å². The molecule has 0 unspecified atom stereocenters. The van der Waals surface area contributed by atoms with E-state index in [-0.39, 0.29) is 11.9 Å². The summed E-state index contributed by atoms with van der Waals surface area (Å²) in [6.45, 7) is 2.09. The maximum Gasteiger partial charge on any atom is 0.251 e. The van der Waals surface area contributed by atoms with Crippen LogP contribution in [-0.2, 0) is 11.2 Å². The zero-order chi connectivity index (χ0) is 14.8. The standard InChI is InChI=1S/C18H16BrNO/c1-13-11-15-6-2-3-8-17(15)20(13)18(21)10-9-14-5-4-7-16(19)12-14/h2-10,12-13H,11H2,1H3/b10-9+/t13-/m0/s1. The average Bonchev–Trinajstić information content (AvgIpc) is 2.81. The third-order valence-corrected chi connectivity index (χ3v) is 4.20. The van der Waals surface area contributed by atoms with Crippen LogP contribution in [0.15, 0.2) is 59.1 Å². The molecule has 1 aliphatic heterocycles. The Bertz CT molecular complexity index is 708. The van der Waals surface area contributed by atoms with Gasteiger partial charge in [0, 0.05) is 22.3 Å². The highest BCUT2D eigenvalue weighted by Crippen LogP contribution is 2.32. The van der Waals surface area contributed by atoms with Crippen LogP contribution in [0.3, 0.4) is 0 Å². The second-order valence-electron chi connectivity index (χ2n) is 5.28. The van der Waals surface area contributed by atoms with Crippen molar-refractivity contribution in [3.63, 3.8) is 0 Å². The fraction of sp³-hybridized carbons (Fsp3) is 0.167. The van der Waals surface area contributed by atoms with Gasteiger partial charge in [-0.15, -0.1) is 0 Å². The number of fused-ring (bicyclic) bond motifs is 1. The van der Waals surface area contributed by atoms with Gasteiger partial charge in [0.15, 0.2) is 0 Å². The number of anilines is 1. The fourth-order valence-corrected chi connectivity index (χ4v) is 3.18. The first-order valence-corrected chi connectivity index (χ1v) is 7.79. The monoisotopic (exact) mass is 341 g/mol. The molecule has 2 nitrogen and oxygen atoms in total. The summed E-state index contributed by atoms with van der Waals surface area (Å²) in [6, 6.07) is 16.2. The molecule has 1 aliphatic rings. The molecule has 1 amide bonds. The second kappa shape index (κ2) is 5.86. The van der Waals surface area contributed by atoms with E-state index in [1.807, 2.05) is 53.4 Å². The Morgan fingerprint density at radius 2 is 2.05 bits per heavy atom. The van der Waals surface area contributed by atoms with Crippen LogP contribution < -0.4 is 4.90 Å². The van der Waals surface area contributed by atoms with Crippen molar-refractivity contribution in [2.75, 3.05) is 4.90 Å². The zero-order valence-electron chi connectivity index (χ0n) is 11.8. The molecule has 0 fully saturated rings. The minimum absolute atomic E-state index is 0.0347. The molecular formula is C18H16BrNO. The zero-order valence-corrected chi connectivity index (χ0v) is 13.4. The number of nitrogens with zero attached hydrogens (tertiary/aromatic N) is 1. The maximum atomic E-state index is 12.5. The summed E-state index contributed by atoms with van der Waals surface area (Å²) in [6.07, 6.45) is 4.44. The third kappa shape index (κ3) is 2.93. The smallest absolute Gasteiger partial charge is 0.251 e. The number of halogens is 1. The topological polar surface area (TPSA) is 20.3 Å². The first-order valence-electron chi connectivity index (χ1n) is 7.00. The van der Waals surface area contributed by atoms with Gasteiger partial charge in [0.1, 0.15) is 0 Å². The second-order valence-corrected chi connectivity index (χ2v) is 6.19. The molecule has 21 heavy (non-hydrogen) atoms. The average molecular weight is 342 g/mol. The van der Waals surface area contributed by atoms with Crippen molar-refractivity contribution in [3.8, 4) is 0 Å². The first-order chi connectivity index (χ1) is 10.1. The first kappa shape index (κ1) is 14.1. The van der Waals surface area contributed by atoms with Crippen molar-refractivity contribution in [1.29, 1.82) is 0 Å². The number of carbonyl (C=O) groups is 1. The summed E-state index contributed by atoms with van der Waals surface area (Å²) in [7, 11) is 0. The summed E-state index contributed by atoms with van der Waals surface area (Å²) >= 11 is 3.44. The lowest BCUT2D eigenvalue weighted by molar-refractivity contribution is -0.114. The van der Waals surface area contributed by atoms with Crippen LogP contribution in [0.1, 0.15) is 18.1 Å². The number of benzene rings is 2. The van der Waals surface area contributed by atoms with Crippen molar-refractivity contribution < 1.29 is 4.79 Å². The highest BCUT2D eigenvalue weighted by atomic mass is 79.9. The normalized spacial score (nSPS) is 17.2. The van der Waals surface area contributed by atoms with E-state index in [2.05, 4.69) is 28.9 Å². The molecule has 106 valence electrons. The molecule has 0 spiro atoms. The van der Waals surface area contributed by atoms with E-state index < -0.39 is 0 Å². The molecule has 3 rings (SSSR count). The van der Waals surface area contributed by atoms with E-state index in [0.29, 0.717) is 0 Å². The van der Waals surface area contributed by atoms with E-state index >= 15 is 0 Å². The van der Waals surface area contributed by atoms with Crippen LogP contribution in [0, 0.1) is 0 Å². The third-order valence-electron chi connectivity index (χ3n) is 3.71. The minimum Gasteiger partial charge on any atom is -0.305 e. The van der Waals surface area contributed by atoms with Crippen LogP contribution in [0.2, 0.25) is 0 Å². The van der Waals surface area contributed by atoms with Gasteiger partial charge in [-0.25, -0.2) is 0 Å². The van der Waals surface area contributed by atoms with E-state index in [0.717, 1.165) is 22.1 Å². The van der Waals surface area contributed by atoms with Crippen LogP contribution in [-0.4, -0.2) is 11.9 Å². The molecule has 1 atom stereocenters. The molecule has 0 aliphatic carbocycles. The Morgan fingerprint density at radius 3 is 2.86 bits per heavy atom. The van der Waals surface area contributed by atoms with Gasteiger partial charge in [0.2, 0.25) is 0 Å². The fourth-order valence-electron chi connectivity index (χ4n) is 2.76. The number of amides is 1.